The number of carbonyl (C=O) groups is 1. The summed E-state index contributed by atoms with van der Waals surface area (Å²) in [5.74, 6) is -1.13. The number of hydrogen-bond acceptors (Lipinski definition) is 2. The van der Waals surface area contributed by atoms with Crippen LogP contribution in [0.1, 0.15) is 16.8 Å². The quantitative estimate of drug-likeness (QED) is 0.598. The molecule has 2 aromatic carbocycles. The van der Waals surface area contributed by atoms with E-state index in [-0.39, 0.29) is 5.78 Å². The average molecular weight is 278 g/mol. The Morgan fingerprint density at radius 3 is 2.42 bits per heavy atom. The van der Waals surface area contributed by atoms with E-state index in [2.05, 4.69) is 0 Å². The van der Waals surface area contributed by atoms with Crippen LogP contribution in [-0.2, 0) is 0 Å². The Morgan fingerprint density at radius 2 is 1.74 bits per heavy atom. The van der Waals surface area contributed by atoms with Gasteiger partial charge in [-0.1, -0.05) is 30.3 Å². The van der Waals surface area contributed by atoms with Crippen LogP contribution in [0.2, 0.25) is 0 Å². The van der Waals surface area contributed by atoms with Gasteiger partial charge in [0.2, 0.25) is 0 Å². The summed E-state index contributed by atoms with van der Waals surface area (Å²) in [5, 5.41) is 0. The lowest BCUT2D eigenvalue weighted by atomic mass is 10.1. The number of benzene rings is 2. The zero-order chi connectivity index (χ0) is 13.7. The van der Waals surface area contributed by atoms with Crippen molar-refractivity contribution in [2.45, 2.75) is 11.3 Å². The van der Waals surface area contributed by atoms with Gasteiger partial charge < -0.3 is 0 Å². The molecule has 0 aliphatic rings. The minimum absolute atomic E-state index is 0.0516. The number of hydrogen-bond donors (Lipinski definition) is 0. The van der Waals surface area contributed by atoms with E-state index in [4.69, 9.17) is 0 Å². The first-order chi connectivity index (χ1) is 9.16. The Balaban J connectivity index is 1.87. The maximum Gasteiger partial charge on any atom is 0.163 e. The van der Waals surface area contributed by atoms with Gasteiger partial charge in [-0.3, -0.25) is 4.79 Å². The molecule has 0 heterocycles. The summed E-state index contributed by atoms with van der Waals surface area (Å²) in [6.07, 6.45) is 0.369. The highest BCUT2D eigenvalue weighted by Crippen LogP contribution is 2.21. The van der Waals surface area contributed by atoms with Gasteiger partial charge in [-0.05, 0) is 18.2 Å². The fraction of sp³-hybridized carbons (Fsp3) is 0.133. The third-order valence-electron chi connectivity index (χ3n) is 2.58. The summed E-state index contributed by atoms with van der Waals surface area (Å²) in [7, 11) is 0. The number of rotatable bonds is 5. The Kier molecular flexibility index (Phi) is 4.68. The topological polar surface area (TPSA) is 17.1 Å². The standard InChI is InChI=1S/C15H12F2OS/c16-13-7-6-12(10-14(13)17)19-9-8-15(18)11-4-2-1-3-5-11/h1-7,10H,8-9H2. The van der Waals surface area contributed by atoms with Gasteiger partial charge >= 0.3 is 0 Å². The molecule has 0 N–H and O–H groups in total. The second-order valence-electron chi connectivity index (χ2n) is 3.96. The largest absolute Gasteiger partial charge is 0.294 e. The van der Waals surface area contributed by atoms with Crippen LogP contribution in [0.5, 0.6) is 0 Å². The maximum atomic E-state index is 13.0. The highest BCUT2D eigenvalue weighted by Gasteiger charge is 2.06. The second kappa shape index (κ2) is 6.48. The molecule has 0 amide bonds. The first kappa shape index (κ1) is 13.7. The predicted octanol–water partition coefficient (Wildman–Crippen LogP) is 4.33. The van der Waals surface area contributed by atoms with E-state index in [1.807, 2.05) is 18.2 Å². The average Bonchev–Trinajstić information content (AvgIpc) is 2.43. The number of ketones is 1. The van der Waals surface area contributed by atoms with Crippen LogP contribution in [0.4, 0.5) is 8.78 Å². The first-order valence-electron chi connectivity index (χ1n) is 5.83. The third-order valence-corrected chi connectivity index (χ3v) is 3.58. The molecule has 0 saturated carbocycles. The number of thioether (sulfide) groups is 1. The molecule has 98 valence electrons. The Labute approximate surface area is 114 Å². The highest BCUT2D eigenvalue weighted by molar-refractivity contribution is 7.99. The Morgan fingerprint density at radius 1 is 1.00 bits per heavy atom. The van der Waals surface area contributed by atoms with E-state index >= 15 is 0 Å². The van der Waals surface area contributed by atoms with E-state index in [1.165, 1.54) is 17.8 Å². The van der Waals surface area contributed by atoms with Crippen molar-refractivity contribution < 1.29 is 13.6 Å². The van der Waals surface area contributed by atoms with Crippen LogP contribution in [0.3, 0.4) is 0 Å². The molecule has 0 saturated heterocycles. The van der Waals surface area contributed by atoms with Crippen molar-refractivity contribution in [1.82, 2.24) is 0 Å². The van der Waals surface area contributed by atoms with Crippen LogP contribution in [0, 0.1) is 11.6 Å². The zero-order valence-corrected chi connectivity index (χ0v) is 10.9. The first-order valence-corrected chi connectivity index (χ1v) is 6.81. The molecule has 0 aliphatic carbocycles. The normalized spacial score (nSPS) is 10.4. The summed E-state index contributed by atoms with van der Waals surface area (Å²) < 4.78 is 25.7. The lowest BCUT2D eigenvalue weighted by Gasteiger charge is -2.02. The van der Waals surface area contributed by atoms with Gasteiger partial charge in [0, 0.05) is 22.6 Å². The second-order valence-corrected chi connectivity index (χ2v) is 5.13. The van der Waals surface area contributed by atoms with Crippen molar-refractivity contribution in [1.29, 1.82) is 0 Å². The molecule has 0 unspecified atom stereocenters. The smallest absolute Gasteiger partial charge is 0.163 e. The SMILES string of the molecule is O=C(CCSc1ccc(F)c(F)c1)c1ccccc1. The van der Waals surface area contributed by atoms with Crippen LogP contribution in [0.25, 0.3) is 0 Å². The van der Waals surface area contributed by atoms with Crippen molar-refractivity contribution in [3.8, 4) is 0 Å². The molecule has 1 nitrogen and oxygen atoms in total. The lowest BCUT2D eigenvalue weighted by Crippen LogP contribution is -2.00. The van der Waals surface area contributed by atoms with E-state index in [0.717, 1.165) is 12.1 Å². The molecular weight excluding hydrogens is 266 g/mol. The minimum Gasteiger partial charge on any atom is -0.294 e. The molecule has 0 aromatic heterocycles. The third kappa shape index (κ3) is 3.89. The van der Waals surface area contributed by atoms with Crippen LogP contribution < -0.4 is 0 Å². The molecule has 0 aliphatic heterocycles. The zero-order valence-electron chi connectivity index (χ0n) is 10.1. The number of halogens is 2. The molecule has 2 aromatic rings. The summed E-state index contributed by atoms with van der Waals surface area (Å²) in [4.78, 5) is 12.4. The molecule has 19 heavy (non-hydrogen) atoms. The number of Topliss-reactive ketones (excluding diaryl/α,β-unsaturated/α-hetero) is 1. The van der Waals surface area contributed by atoms with Crippen molar-refractivity contribution in [3.63, 3.8) is 0 Å². The van der Waals surface area contributed by atoms with Crippen LogP contribution in [0.15, 0.2) is 53.4 Å². The Hall–Kier alpha value is -1.68. The van der Waals surface area contributed by atoms with Gasteiger partial charge in [-0.2, -0.15) is 0 Å². The molecule has 0 spiro atoms. The highest BCUT2D eigenvalue weighted by atomic mass is 32.2. The minimum atomic E-state index is -0.862. The van der Waals surface area contributed by atoms with E-state index in [9.17, 15) is 13.6 Å². The van der Waals surface area contributed by atoms with Gasteiger partial charge in [0.1, 0.15) is 0 Å². The maximum absolute atomic E-state index is 13.0. The summed E-state index contributed by atoms with van der Waals surface area (Å²) in [5.41, 5.74) is 0.674. The van der Waals surface area contributed by atoms with Gasteiger partial charge in [0.25, 0.3) is 0 Å². The molecule has 0 radical (unpaired) electrons. The molecule has 0 bridgehead atoms. The predicted molar refractivity (Wildman–Crippen MR) is 72.5 cm³/mol. The van der Waals surface area contributed by atoms with Crippen LogP contribution in [-0.4, -0.2) is 11.5 Å². The van der Waals surface area contributed by atoms with Crippen molar-refractivity contribution in [3.05, 3.63) is 65.7 Å². The van der Waals surface area contributed by atoms with Crippen molar-refractivity contribution in [2.24, 2.45) is 0 Å². The summed E-state index contributed by atoms with van der Waals surface area (Å²) in [6, 6.07) is 12.8. The fourth-order valence-corrected chi connectivity index (χ4v) is 2.47. The van der Waals surface area contributed by atoms with Gasteiger partial charge in [-0.15, -0.1) is 11.8 Å². The molecular formula is C15H12F2OS. The van der Waals surface area contributed by atoms with Crippen LogP contribution >= 0.6 is 11.8 Å². The Bertz CT molecular complexity index is 570. The summed E-state index contributed by atoms with van der Waals surface area (Å²) in [6.45, 7) is 0. The molecule has 0 atom stereocenters. The summed E-state index contributed by atoms with van der Waals surface area (Å²) >= 11 is 1.34. The molecule has 2 rings (SSSR count). The molecule has 4 heteroatoms. The molecule has 0 fully saturated rings. The van der Waals surface area contributed by atoms with E-state index in [0.29, 0.717) is 22.6 Å². The number of carbonyl (C=O) groups excluding carboxylic acids is 1. The van der Waals surface area contributed by atoms with Gasteiger partial charge in [-0.25, -0.2) is 8.78 Å². The van der Waals surface area contributed by atoms with E-state index < -0.39 is 11.6 Å². The van der Waals surface area contributed by atoms with Crippen molar-refractivity contribution in [2.75, 3.05) is 5.75 Å². The fourth-order valence-electron chi connectivity index (χ4n) is 1.60. The van der Waals surface area contributed by atoms with Gasteiger partial charge in [0.05, 0.1) is 0 Å². The monoisotopic (exact) mass is 278 g/mol. The van der Waals surface area contributed by atoms with E-state index in [1.54, 1.807) is 12.1 Å². The van der Waals surface area contributed by atoms with Gasteiger partial charge in [0.15, 0.2) is 17.4 Å². The van der Waals surface area contributed by atoms with Crippen molar-refractivity contribution >= 4 is 17.5 Å². The lowest BCUT2D eigenvalue weighted by molar-refractivity contribution is 0.0989.